The van der Waals surface area contributed by atoms with E-state index in [1.807, 2.05) is 43.3 Å². The van der Waals surface area contributed by atoms with E-state index in [0.29, 0.717) is 15.4 Å². The van der Waals surface area contributed by atoms with E-state index in [2.05, 4.69) is 9.97 Å². The molecule has 0 atom stereocenters. The molecule has 40 heavy (non-hydrogen) atoms. The lowest BCUT2D eigenvalue weighted by atomic mass is 10.1. The van der Waals surface area contributed by atoms with Crippen molar-refractivity contribution in [2.45, 2.75) is 26.2 Å². The summed E-state index contributed by atoms with van der Waals surface area (Å²) in [5.41, 5.74) is 5.60. The Kier molecular flexibility index (Phi) is 13.1. The van der Waals surface area contributed by atoms with Crippen LogP contribution in [-0.4, -0.2) is 49.3 Å². The number of aromatic nitrogens is 2. The maximum Gasteiger partial charge on any atom is 0.307 e. The van der Waals surface area contributed by atoms with Crippen molar-refractivity contribution in [2.75, 3.05) is 6.61 Å². The number of halogens is 1. The van der Waals surface area contributed by atoms with E-state index in [0.717, 1.165) is 41.9 Å². The molecular formula is C27H27ClN2O6S4. The summed E-state index contributed by atoms with van der Waals surface area (Å²) in [5.74, 6) is -1.64. The smallest absolute Gasteiger partial charge is 0.307 e. The van der Waals surface area contributed by atoms with Gasteiger partial charge in [-0.05, 0) is 90.4 Å². The van der Waals surface area contributed by atoms with Gasteiger partial charge in [0.25, 0.3) is 0 Å². The SMILES string of the molecule is Cc1cc(CC(=O)O)ccc1Cl.O.O=C(O)Cc1ccc2sc(=S)[nH]c2c1.OCCc1ccc2sc(=S)[nH]c2c1. The lowest BCUT2D eigenvalue weighted by Crippen LogP contribution is -1.99. The number of thiazole rings is 2. The molecule has 7 N–H and O–H groups in total. The van der Waals surface area contributed by atoms with Crippen molar-refractivity contribution < 1.29 is 30.4 Å². The zero-order valence-electron chi connectivity index (χ0n) is 21.2. The van der Waals surface area contributed by atoms with Gasteiger partial charge in [0.1, 0.15) is 0 Å². The van der Waals surface area contributed by atoms with Crippen LogP contribution in [0.5, 0.6) is 0 Å². The molecule has 2 aromatic heterocycles. The summed E-state index contributed by atoms with van der Waals surface area (Å²) >= 11 is 18.9. The Labute approximate surface area is 252 Å². The number of fused-ring (bicyclic) bond motifs is 2. The summed E-state index contributed by atoms with van der Waals surface area (Å²) in [6.45, 7) is 2.05. The number of aliphatic hydroxyl groups is 1. The molecule has 0 aliphatic heterocycles. The first kappa shape index (κ1) is 33.2. The minimum absolute atomic E-state index is 0. The zero-order valence-corrected chi connectivity index (χ0v) is 25.2. The predicted molar refractivity (Wildman–Crippen MR) is 167 cm³/mol. The average Bonchev–Trinajstić information content (AvgIpc) is 3.41. The summed E-state index contributed by atoms with van der Waals surface area (Å²) in [6, 6.07) is 16.9. The highest BCUT2D eigenvalue weighted by molar-refractivity contribution is 7.74. The van der Waals surface area contributed by atoms with E-state index in [1.165, 1.54) is 16.0 Å². The molecular weight excluding hydrogens is 612 g/mol. The number of hydrogen-bond acceptors (Lipinski definition) is 7. The van der Waals surface area contributed by atoms with Gasteiger partial charge in [0, 0.05) is 11.6 Å². The number of benzene rings is 3. The fourth-order valence-electron chi connectivity index (χ4n) is 3.56. The maximum absolute atomic E-state index is 10.5. The van der Waals surface area contributed by atoms with Crippen molar-refractivity contribution in [3.8, 4) is 0 Å². The number of carboxylic acids is 2. The molecule has 8 nitrogen and oxygen atoms in total. The van der Waals surface area contributed by atoms with Crippen LogP contribution >= 0.6 is 58.7 Å². The minimum atomic E-state index is -0.822. The number of carboxylic acid groups (broad SMARTS) is 2. The Bertz CT molecular complexity index is 1720. The number of H-pyrrole nitrogens is 2. The van der Waals surface area contributed by atoms with Crippen LogP contribution in [0.2, 0.25) is 5.02 Å². The van der Waals surface area contributed by atoms with Gasteiger partial charge in [-0.1, -0.05) is 35.9 Å². The fraction of sp³-hybridized carbons (Fsp3) is 0.185. The van der Waals surface area contributed by atoms with E-state index < -0.39 is 11.9 Å². The third-order valence-corrected chi connectivity index (χ3v) is 8.16. The molecule has 0 aliphatic carbocycles. The lowest BCUT2D eigenvalue weighted by Gasteiger charge is -2.00. The van der Waals surface area contributed by atoms with Gasteiger partial charge >= 0.3 is 11.9 Å². The Balaban J connectivity index is 0.000000208. The largest absolute Gasteiger partial charge is 0.481 e. The molecule has 0 saturated heterocycles. The van der Waals surface area contributed by atoms with Crippen LogP contribution in [0.25, 0.3) is 20.4 Å². The Morgan fingerprint density at radius 2 is 1.25 bits per heavy atom. The van der Waals surface area contributed by atoms with Gasteiger partial charge < -0.3 is 30.8 Å². The summed E-state index contributed by atoms with van der Waals surface area (Å²) < 4.78 is 3.75. The topological polar surface area (TPSA) is 158 Å². The Hall–Kier alpha value is -2.97. The van der Waals surface area contributed by atoms with E-state index in [-0.39, 0.29) is 24.9 Å². The summed E-state index contributed by atoms with van der Waals surface area (Å²) in [6.07, 6.45) is 0.802. The molecule has 0 unspecified atom stereocenters. The first-order chi connectivity index (χ1) is 18.5. The fourth-order valence-corrected chi connectivity index (χ4v) is 5.87. The Morgan fingerprint density at radius 3 is 1.73 bits per heavy atom. The third-order valence-electron chi connectivity index (χ3n) is 5.30. The second-order valence-electron chi connectivity index (χ2n) is 8.39. The average molecular weight is 639 g/mol. The number of carbonyl (C=O) groups is 2. The molecule has 0 fully saturated rings. The van der Waals surface area contributed by atoms with Gasteiger partial charge in [0.2, 0.25) is 0 Å². The number of aliphatic hydroxyl groups excluding tert-OH is 1. The highest BCUT2D eigenvalue weighted by Gasteiger charge is 2.03. The van der Waals surface area contributed by atoms with Crippen LogP contribution in [0.1, 0.15) is 22.3 Å². The second-order valence-corrected chi connectivity index (χ2v) is 12.2. The van der Waals surface area contributed by atoms with Crippen LogP contribution < -0.4 is 0 Å². The van der Waals surface area contributed by atoms with E-state index in [1.54, 1.807) is 29.5 Å². The van der Waals surface area contributed by atoms with Crippen molar-refractivity contribution >= 4 is 91.1 Å². The normalized spacial score (nSPS) is 10.2. The monoisotopic (exact) mass is 638 g/mol. The minimum Gasteiger partial charge on any atom is -0.481 e. The summed E-state index contributed by atoms with van der Waals surface area (Å²) in [7, 11) is 0. The molecule has 0 bridgehead atoms. The highest BCUT2D eigenvalue weighted by Crippen LogP contribution is 2.21. The van der Waals surface area contributed by atoms with Crippen molar-refractivity contribution in [3.63, 3.8) is 0 Å². The quantitative estimate of drug-likeness (QED) is 0.132. The predicted octanol–water partition coefficient (Wildman–Crippen LogP) is 6.53. The van der Waals surface area contributed by atoms with Crippen molar-refractivity contribution in [3.05, 3.63) is 89.8 Å². The number of aliphatic carboxylic acids is 2. The molecule has 5 rings (SSSR count). The van der Waals surface area contributed by atoms with Gasteiger partial charge in [-0.15, -0.1) is 22.7 Å². The van der Waals surface area contributed by atoms with Crippen molar-refractivity contribution in [1.82, 2.24) is 9.97 Å². The van der Waals surface area contributed by atoms with Gasteiger partial charge in [0.15, 0.2) is 7.91 Å². The summed E-state index contributed by atoms with van der Waals surface area (Å²) in [4.78, 5) is 26.9. The van der Waals surface area contributed by atoms with Gasteiger partial charge in [-0.3, -0.25) is 9.59 Å². The van der Waals surface area contributed by atoms with Gasteiger partial charge in [0.05, 0.1) is 33.3 Å². The van der Waals surface area contributed by atoms with E-state index in [9.17, 15) is 9.59 Å². The second kappa shape index (κ2) is 15.7. The number of rotatable bonds is 6. The lowest BCUT2D eigenvalue weighted by molar-refractivity contribution is -0.137. The van der Waals surface area contributed by atoms with Crippen LogP contribution in [0.4, 0.5) is 0 Å². The van der Waals surface area contributed by atoms with E-state index >= 15 is 0 Å². The maximum atomic E-state index is 10.5. The molecule has 13 heteroatoms. The third kappa shape index (κ3) is 10.2. The number of aryl methyl sites for hydroxylation is 1. The molecule has 0 amide bonds. The molecule has 0 spiro atoms. The van der Waals surface area contributed by atoms with Crippen LogP contribution in [0, 0.1) is 14.8 Å². The highest BCUT2D eigenvalue weighted by atomic mass is 35.5. The number of aromatic amines is 2. The molecule has 3 aromatic carbocycles. The van der Waals surface area contributed by atoms with Crippen LogP contribution in [-0.2, 0) is 28.9 Å². The molecule has 5 aromatic rings. The standard InChI is InChI=1S/C9H9ClO2.C9H7NO2S2.C9H9NOS2.H2O/c1-6-4-7(5-9(11)12)2-3-8(6)10;11-8(12)4-5-1-2-7-6(3-5)10-9(13)14-7;11-4-3-6-1-2-8-7(5-6)10-9(12)13-8;/h2-4H,5H2,1H3,(H,11,12);1-3H,4H2,(H,10,13)(H,11,12);1-2,5,11H,3-4H2,(H,10,12);1H2. The van der Waals surface area contributed by atoms with Crippen molar-refractivity contribution in [1.29, 1.82) is 0 Å². The molecule has 2 heterocycles. The van der Waals surface area contributed by atoms with Crippen molar-refractivity contribution in [2.24, 2.45) is 0 Å². The molecule has 0 saturated carbocycles. The molecule has 0 aliphatic rings. The van der Waals surface area contributed by atoms with Crippen LogP contribution in [0.3, 0.4) is 0 Å². The Morgan fingerprint density at radius 1 is 0.800 bits per heavy atom. The summed E-state index contributed by atoms with van der Waals surface area (Å²) in [5, 5.41) is 26.5. The number of hydrogen-bond donors (Lipinski definition) is 5. The van der Waals surface area contributed by atoms with E-state index in [4.69, 9.17) is 51.4 Å². The van der Waals surface area contributed by atoms with Gasteiger partial charge in [-0.25, -0.2) is 0 Å². The first-order valence-electron chi connectivity index (χ1n) is 11.6. The molecule has 212 valence electrons. The zero-order chi connectivity index (χ0) is 28.5. The number of nitrogens with one attached hydrogen (secondary N) is 2. The van der Waals surface area contributed by atoms with Crippen LogP contribution in [0.15, 0.2) is 54.6 Å². The first-order valence-corrected chi connectivity index (χ1v) is 14.4. The van der Waals surface area contributed by atoms with Gasteiger partial charge in [-0.2, -0.15) is 0 Å². The molecule has 0 radical (unpaired) electrons.